The van der Waals surface area contributed by atoms with Gasteiger partial charge in [0.05, 0.1) is 18.8 Å². The third kappa shape index (κ3) is 1.84. The second kappa shape index (κ2) is 4.20. The molecule has 4 heteroatoms. The molecule has 6 unspecified atom stereocenters. The Balaban J connectivity index is 1.36. The minimum atomic E-state index is -0.692. The van der Waals surface area contributed by atoms with Crippen molar-refractivity contribution in [3.8, 4) is 0 Å². The summed E-state index contributed by atoms with van der Waals surface area (Å²) in [6.45, 7) is 4.86. The Bertz CT molecular complexity index is 436. The number of fused-ring (bicyclic) bond motifs is 2. The topological polar surface area (TPSA) is 51.4 Å². The highest BCUT2D eigenvalue weighted by Crippen LogP contribution is 2.62. The standard InChI is InChI=1S/C16H24O4/c1-10-5-3-4-6-11(10)9-18-14(17)16-8-13-12(19-13)7-15(16,2)20-16/h10-13H,3-9H2,1-2H3. The second-order valence-corrected chi connectivity index (χ2v) is 7.40. The molecule has 2 aliphatic heterocycles. The summed E-state index contributed by atoms with van der Waals surface area (Å²) in [6, 6.07) is 0. The molecule has 0 spiro atoms. The van der Waals surface area contributed by atoms with Gasteiger partial charge in [-0.2, -0.15) is 0 Å². The van der Waals surface area contributed by atoms with Gasteiger partial charge in [0.15, 0.2) is 5.60 Å². The molecule has 0 aromatic carbocycles. The highest BCUT2D eigenvalue weighted by atomic mass is 16.7. The molecule has 0 radical (unpaired) electrons. The van der Waals surface area contributed by atoms with Crippen LogP contribution in [0.5, 0.6) is 0 Å². The lowest BCUT2D eigenvalue weighted by atomic mass is 9.80. The van der Waals surface area contributed by atoms with E-state index in [-0.39, 0.29) is 17.7 Å². The van der Waals surface area contributed by atoms with Gasteiger partial charge in [0.1, 0.15) is 5.60 Å². The average molecular weight is 280 g/mol. The number of esters is 1. The van der Waals surface area contributed by atoms with Crippen LogP contribution < -0.4 is 0 Å². The monoisotopic (exact) mass is 280 g/mol. The lowest BCUT2D eigenvalue weighted by Gasteiger charge is -2.29. The van der Waals surface area contributed by atoms with E-state index in [9.17, 15) is 4.79 Å². The quantitative estimate of drug-likeness (QED) is 0.588. The van der Waals surface area contributed by atoms with Gasteiger partial charge in [-0.3, -0.25) is 0 Å². The first-order valence-electron chi connectivity index (χ1n) is 8.07. The average Bonchev–Trinajstić information content (AvgIpc) is 3.27. The summed E-state index contributed by atoms with van der Waals surface area (Å²) in [5, 5.41) is 0. The van der Waals surface area contributed by atoms with Gasteiger partial charge in [-0.05, 0) is 25.2 Å². The van der Waals surface area contributed by atoms with Gasteiger partial charge in [-0.1, -0.05) is 26.2 Å². The van der Waals surface area contributed by atoms with E-state index in [0.717, 1.165) is 6.42 Å². The molecule has 0 aromatic heterocycles. The Labute approximate surface area is 120 Å². The lowest BCUT2D eigenvalue weighted by Crippen LogP contribution is -2.40. The summed E-state index contributed by atoms with van der Waals surface area (Å²) in [5.74, 6) is 1.05. The molecule has 0 aromatic rings. The van der Waals surface area contributed by atoms with Crippen molar-refractivity contribution >= 4 is 5.97 Å². The van der Waals surface area contributed by atoms with E-state index in [0.29, 0.717) is 31.0 Å². The van der Waals surface area contributed by atoms with Crippen molar-refractivity contribution in [2.24, 2.45) is 11.8 Å². The maximum Gasteiger partial charge on any atom is 0.341 e. The maximum atomic E-state index is 12.5. The van der Waals surface area contributed by atoms with E-state index in [1.165, 1.54) is 25.7 Å². The Morgan fingerprint density at radius 3 is 2.80 bits per heavy atom. The zero-order chi connectivity index (χ0) is 14.0. The van der Waals surface area contributed by atoms with Crippen LogP contribution in [0.2, 0.25) is 0 Å². The zero-order valence-corrected chi connectivity index (χ0v) is 12.4. The van der Waals surface area contributed by atoms with Crippen LogP contribution in [0.25, 0.3) is 0 Å². The number of carbonyl (C=O) groups excluding carboxylic acids is 1. The fourth-order valence-electron chi connectivity index (χ4n) is 4.31. The summed E-state index contributed by atoms with van der Waals surface area (Å²) in [7, 11) is 0. The molecule has 0 N–H and O–H groups in total. The van der Waals surface area contributed by atoms with Gasteiger partial charge < -0.3 is 14.2 Å². The minimum Gasteiger partial charge on any atom is -0.463 e. The largest absolute Gasteiger partial charge is 0.463 e. The van der Waals surface area contributed by atoms with Crippen molar-refractivity contribution < 1.29 is 19.0 Å². The molecule has 2 saturated carbocycles. The molecule has 2 aliphatic carbocycles. The van der Waals surface area contributed by atoms with E-state index in [4.69, 9.17) is 14.2 Å². The molecule has 4 aliphatic rings. The normalized spacial score (nSPS) is 52.7. The van der Waals surface area contributed by atoms with Gasteiger partial charge in [-0.25, -0.2) is 4.79 Å². The van der Waals surface area contributed by atoms with Crippen LogP contribution in [0.15, 0.2) is 0 Å². The van der Waals surface area contributed by atoms with Gasteiger partial charge >= 0.3 is 5.97 Å². The summed E-state index contributed by atoms with van der Waals surface area (Å²) in [5.41, 5.74) is -1.03. The second-order valence-electron chi connectivity index (χ2n) is 7.40. The number of epoxide rings is 2. The molecule has 4 nitrogen and oxygen atoms in total. The van der Waals surface area contributed by atoms with E-state index in [2.05, 4.69) is 6.92 Å². The van der Waals surface area contributed by atoms with Crippen LogP contribution in [0.4, 0.5) is 0 Å². The zero-order valence-electron chi connectivity index (χ0n) is 12.4. The van der Waals surface area contributed by atoms with E-state index < -0.39 is 5.60 Å². The smallest absolute Gasteiger partial charge is 0.341 e. The molecule has 112 valence electrons. The molecule has 4 fully saturated rings. The predicted molar refractivity (Wildman–Crippen MR) is 72.2 cm³/mol. The molecule has 2 saturated heterocycles. The first-order chi connectivity index (χ1) is 9.54. The number of carbonyl (C=O) groups is 1. The van der Waals surface area contributed by atoms with Crippen LogP contribution in [0.1, 0.15) is 52.4 Å². The Kier molecular flexibility index (Phi) is 2.75. The fourth-order valence-corrected chi connectivity index (χ4v) is 4.31. The van der Waals surface area contributed by atoms with Gasteiger partial charge in [0, 0.05) is 12.8 Å². The third-order valence-corrected chi connectivity index (χ3v) is 6.03. The molecule has 0 amide bonds. The van der Waals surface area contributed by atoms with Crippen molar-refractivity contribution in [3.05, 3.63) is 0 Å². The maximum absolute atomic E-state index is 12.5. The van der Waals surface area contributed by atoms with E-state index in [1.807, 2.05) is 6.92 Å². The van der Waals surface area contributed by atoms with Crippen LogP contribution in [0.3, 0.4) is 0 Å². The lowest BCUT2D eigenvalue weighted by molar-refractivity contribution is -0.153. The van der Waals surface area contributed by atoms with Crippen molar-refractivity contribution in [1.29, 1.82) is 0 Å². The van der Waals surface area contributed by atoms with Gasteiger partial charge in [0.2, 0.25) is 0 Å². The summed E-state index contributed by atoms with van der Waals surface area (Å²) >= 11 is 0. The van der Waals surface area contributed by atoms with Crippen LogP contribution >= 0.6 is 0 Å². The van der Waals surface area contributed by atoms with Crippen LogP contribution in [-0.4, -0.2) is 36.0 Å². The predicted octanol–water partition coefficient (Wildman–Crippen LogP) is 2.44. The summed E-state index contributed by atoms with van der Waals surface area (Å²) in [6.07, 6.45) is 7.11. The highest BCUT2D eigenvalue weighted by Gasteiger charge is 2.79. The van der Waals surface area contributed by atoms with Crippen molar-refractivity contribution in [2.75, 3.05) is 6.61 Å². The molecule has 0 bridgehead atoms. The Morgan fingerprint density at radius 1 is 1.25 bits per heavy atom. The Hall–Kier alpha value is -0.610. The fraction of sp³-hybridized carbons (Fsp3) is 0.938. The molecule has 6 atom stereocenters. The molecule has 2 heterocycles. The number of hydrogen-bond donors (Lipinski definition) is 0. The number of rotatable bonds is 3. The van der Waals surface area contributed by atoms with E-state index >= 15 is 0 Å². The minimum absolute atomic E-state index is 0.147. The van der Waals surface area contributed by atoms with Crippen LogP contribution in [0, 0.1) is 11.8 Å². The van der Waals surface area contributed by atoms with Crippen LogP contribution in [-0.2, 0) is 19.0 Å². The summed E-state index contributed by atoms with van der Waals surface area (Å²) < 4.78 is 17.0. The summed E-state index contributed by atoms with van der Waals surface area (Å²) in [4.78, 5) is 12.5. The van der Waals surface area contributed by atoms with Gasteiger partial charge in [-0.15, -0.1) is 0 Å². The van der Waals surface area contributed by atoms with Crippen molar-refractivity contribution in [3.63, 3.8) is 0 Å². The van der Waals surface area contributed by atoms with Crippen molar-refractivity contribution in [1.82, 2.24) is 0 Å². The Morgan fingerprint density at radius 2 is 2.00 bits per heavy atom. The molecule has 4 rings (SSSR count). The molecule has 20 heavy (non-hydrogen) atoms. The first kappa shape index (κ1) is 13.1. The molecular formula is C16H24O4. The van der Waals surface area contributed by atoms with Gasteiger partial charge in [0.25, 0.3) is 0 Å². The first-order valence-corrected chi connectivity index (χ1v) is 8.07. The number of hydrogen-bond acceptors (Lipinski definition) is 4. The highest BCUT2D eigenvalue weighted by molar-refractivity contribution is 5.85. The van der Waals surface area contributed by atoms with E-state index in [1.54, 1.807) is 0 Å². The van der Waals surface area contributed by atoms with Crippen molar-refractivity contribution in [2.45, 2.75) is 75.8 Å². The SMILES string of the molecule is CC1CCCCC1COC(=O)C12CC3OC3CC1(C)O2. The third-order valence-electron chi connectivity index (χ3n) is 6.03. The molecular weight excluding hydrogens is 256 g/mol. The number of ether oxygens (including phenoxy) is 3.